The third-order valence-electron chi connectivity index (χ3n) is 4.57. The number of amides is 1. The summed E-state index contributed by atoms with van der Waals surface area (Å²) in [6, 6.07) is 15.9. The van der Waals surface area contributed by atoms with Crippen LogP contribution in [-0.4, -0.2) is 34.8 Å². The molecule has 2 heterocycles. The van der Waals surface area contributed by atoms with Crippen LogP contribution in [-0.2, 0) is 11.3 Å². The first-order valence-electron chi connectivity index (χ1n) is 9.34. The number of benzene rings is 2. The number of carbonyl (C=O) groups excluding carboxylic acids is 1. The van der Waals surface area contributed by atoms with Crippen LogP contribution in [0.4, 0.5) is 5.69 Å². The number of hydrogen-bond donors (Lipinski definition) is 1. The number of aromatic nitrogens is 3. The fourth-order valence-electron chi connectivity index (χ4n) is 3.05. The summed E-state index contributed by atoms with van der Waals surface area (Å²) in [4.78, 5) is 17.1. The van der Waals surface area contributed by atoms with E-state index in [1.807, 2.05) is 12.1 Å². The zero-order valence-corrected chi connectivity index (χ0v) is 17.6. The van der Waals surface area contributed by atoms with Gasteiger partial charge >= 0.3 is 0 Å². The SMILES string of the molecule is COc1ccc(OC)c(NC(=O)Cn2cccc2-c2nc(-c3ccc(Cl)cc3)no2)c1. The van der Waals surface area contributed by atoms with Gasteiger partial charge in [-0.3, -0.25) is 4.79 Å². The van der Waals surface area contributed by atoms with Crippen molar-refractivity contribution in [3.05, 3.63) is 65.8 Å². The average molecular weight is 439 g/mol. The molecule has 8 nitrogen and oxygen atoms in total. The van der Waals surface area contributed by atoms with E-state index in [-0.39, 0.29) is 12.5 Å². The quantitative estimate of drug-likeness (QED) is 0.456. The molecule has 4 aromatic rings. The Bertz CT molecular complexity index is 1200. The van der Waals surface area contributed by atoms with E-state index in [1.165, 1.54) is 7.11 Å². The molecule has 9 heteroatoms. The molecule has 0 atom stereocenters. The number of ether oxygens (including phenoxy) is 2. The minimum absolute atomic E-state index is 0.0430. The van der Waals surface area contributed by atoms with Crippen molar-refractivity contribution in [1.82, 2.24) is 14.7 Å². The van der Waals surface area contributed by atoms with E-state index in [4.69, 9.17) is 25.6 Å². The zero-order valence-electron chi connectivity index (χ0n) is 16.8. The number of nitrogens with zero attached hydrogens (tertiary/aromatic N) is 3. The van der Waals surface area contributed by atoms with Crippen LogP contribution in [0.5, 0.6) is 11.5 Å². The van der Waals surface area contributed by atoms with E-state index < -0.39 is 0 Å². The van der Waals surface area contributed by atoms with Crippen molar-refractivity contribution in [1.29, 1.82) is 0 Å². The molecule has 0 aliphatic heterocycles. The van der Waals surface area contributed by atoms with E-state index in [0.717, 1.165) is 5.56 Å². The molecule has 31 heavy (non-hydrogen) atoms. The zero-order chi connectivity index (χ0) is 21.8. The molecule has 4 rings (SSSR count). The van der Waals surface area contributed by atoms with Crippen molar-refractivity contribution < 1.29 is 18.8 Å². The standard InChI is InChI=1S/C22H19ClN4O4/c1-29-16-9-10-19(30-2)17(12-16)24-20(28)13-27-11-3-4-18(27)22-25-21(26-31-22)14-5-7-15(23)8-6-14/h3-12H,13H2,1-2H3,(H,24,28). The predicted molar refractivity (Wildman–Crippen MR) is 116 cm³/mol. The van der Waals surface area contributed by atoms with Crippen molar-refractivity contribution in [2.24, 2.45) is 0 Å². The predicted octanol–water partition coefficient (Wildman–Crippen LogP) is 4.51. The molecule has 0 aliphatic carbocycles. The maximum atomic E-state index is 12.7. The molecule has 0 bridgehead atoms. The minimum atomic E-state index is -0.249. The van der Waals surface area contributed by atoms with Gasteiger partial charge in [0.15, 0.2) is 0 Å². The summed E-state index contributed by atoms with van der Waals surface area (Å²) in [5.41, 5.74) is 1.92. The summed E-state index contributed by atoms with van der Waals surface area (Å²) in [7, 11) is 3.09. The number of rotatable bonds is 7. The Kier molecular flexibility index (Phi) is 5.90. The summed E-state index contributed by atoms with van der Waals surface area (Å²) in [5.74, 6) is 1.64. The molecular weight excluding hydrogens is 420 g/mol. The second kappa shape index (κ2) is 8.93. The van der Waals surface area contributed by atoms with Gasteiger partial charge in [0.25, 0.3) is 5.89 Å². The summed E-state index contributed by atoms with van der Waals surface area (Å²) < 4.78 is 17.7. The third kappa shape index (κ3) is 4.54. The minimum Gasteiger partial charge on any atom is -0.497 e. The molecule has 0 spiro atoms. The Morgan fingerprint density at radius 2 is 1.94 bits per heavy atom. The third-order valence-corrected chi connectivity index (χ3v) is 4.82. The van der Waals surface area contributed by atoms with Gasteiger partial charge in [0.1, 0.15) is 23.7 Å². The van der Waals surface area contributed by atoms with Crippen LogP contribution in [0.2, 0.25) is 5.02 Å². The van der Waals surface area contributed by atoms with Crippen molar-refractivity contribution in [2.45, 2.75) is 6.54 Å². The van der Waals surface area contributed by atoms with E-state index in [9.17, 15) is 4.79 Å². The highest BCUT2D eigenvalue weighted by Gasteiger charge is 2.16. The van der Waals surface area contributed by atoms with E-state index in [1.54, 1.807) is 60.3 Å². The Morgan fingerprint density at radius 1 is 1.13 bits per heavy atom. The molecule has 0 saturated heterocycles. The van der Waals surface area contributed by atoms with Crippen molar-refractivity contribution in [3.8, 4) is 34.5 Å². The lowest BCUT2D eigenvalue weighted by Crippen LogP contribution is -2.19. The number of halogens is 1. The summed E-state index contributed by atoms with van der Waals surface area (Å²) >= 11 is 5.93. The van der Waals surface area contributed by atoms with Crippen LogP contribution in [0.3, 0.4) is 0 Å². The maximum Gasteiger partial charge on any atom is 0.274 e. The van der Waals surface area contributed by atoms with E-state index in [0.29, 0.717) is 39.6 Å². The second-order valence-electron chi connectivity index (χ2n) is 6.57. The van der Waals surface area contributed by atoms with Gasteiger partial charge in [-0.05, 0) is 48.5 Å². The van der Waals surface area contributed by atoms with Gasteiger partial charge < -0.3 is 23.9 Å². The van der Waals surface area contributed by atoms with Crippen LogP contribution < -0.4 is 14.8 Å². The van der Waals surface area contributed by atoms with Gasteiger partial charge in [0, 0.05) is 22.8 Å². The van der Waals surface area contributed by atoms with Crippen LogP contribution in [0.25, 0.3) is 23.0 Å². The summed E-state index contributed by atoms with van der Waals surface area (Å²) in [5, 5.41) is 7.50. The maximum absolute atomic E-state index is 12.7. The highest BCUT2D eigenvalue weighted by atomic mass is 35.5. The highest BCUT2D eigenvalue weighted by Crippen LogP contribution is 2.29. The number of carbonyl (C=O) groups is 1. The molecule has 0 aliphatic rings. The van der Waals surface area contributed by atoms with Gasteiger partial charge in [-0.2, -0.15) is 4.98 Å². The van der Waals surface area contributed by atoms with Gasteiger partial charge in [-0.25, -0.2) is 0 Å². The highest BCUT2D eigenvalue weighted by molar-refractivity contribution is 6.30. The van der Waals surface area contributed by atoms with Crippen molar-refractivity contribution in [2.75, 3.05) is 19.5 Å². The molecule has 158 valence electrons. The lowest BCUT2D eigenvalue weighted by atomic mass is 10.2. The van der Waals surface area contributed by atoms with E-state index in [2.05, 4.69) is 15.5 Å². The Balaban J connectivity index is 1.52. The summed E-state index contributed by atoms with van der Waals surface area (Å²) in [6.07, 6.45) is 1.77. The number of anilines is 1. The molecule has 0 unspecified atom stereocenters. The first-order valence-corrected chi connectivity index (χ1v) is 9.72. The van der Waals surface area contributed by atoms with Gasteiger partial charge in [-0.1, -0.05) is 16.8 Å². The average Bonchev–Trinajstić information content (AvgIpc) is 3.43. The van der Waals surface area contributed by atoms with Gasteiger partial charge in [0.2, 0.25) is 11.7 Å². The first kappa shape index (κ1) is 20.5. The van der Waals surface area contributed by atoms with Crippen molar-refractivity contribution in [3.63, 3.8) is 0 Å². The molecule has 0 saturated carbocycles. The van der Waals surface area contributed by atoms with Crippen LogP contribution in [0, 0.1) is 0 Å². The molecule has 2 aromatic heterocycles. The Morgan fingerprint density at radius 3 is 2.68 bits per heavy atom. The van der Waals surface area contributed by atoms with Crippen LogP contribution in [0.15, 0.2) is 65.3 Å². The second-order valence-corrected chi connectivity index (χ2v) is 7.00. The molecule has 0 fully saturated rings. The molecule has 2 aromatic carbocycles. The number of hydrogen-bond acceptors (Lipinski definition) is 6. The van der Waals surface area contributed by atoms with Crippen LogP contribution in [0.1, 0.15) is 0 Å². The topological polar surface area (TPSA) is 91.4 Å². The number of nitrogens with one attached hydrogen (secondary N) is 1. The first-order chi connectivity index (χ1) is 15.1. The molecule has 1 N–H and O–H groups in total. The van der Waals surface area contributed by atoms with Crippen molar-refractivity contribution >= 4 is 23.2 Å². The fourth-order valence-corrected chi connectivity index (χ4v) is 3.17. The fraction of sp³-hybridized carbons (Fsp3) is 0.136. The smallest absolute Gasteiger partial charge is 0.274 e. The molecule has 1 amide bonds. The normalized spacial score (nSPS) is 10.7. The molecular formula is C22H19ClN4O4. The monoisotopic (exact) mass is 438 g/mol. The Hall–Kier alpha value is -3.78. The summed E-state index contributed by atoms with van der Waals surface area (Å²) in [6.45, 7) is 0.0430. The molecule has 0 radical (unpaired) electrons. The van der Waals surface area contributed by atoms with Gasteiger partial charge in [-0.15, -0.1) is 0 Å². The lowest BCUT2D eigenvalue weighted by molar-refractivity contribution is -0.116. The largest absolute Gasteiger partial charge is 0.497 e. The lowest BCUT2D eigenvalue weighted by Gasteiger charge is -2.12. The Labute approximate surface area is 183 Å². The van der Waals surface area contributed by atoms with Crippen LogP contribution >= 0.6 is 11.6 Å². The van der Waals surface area contributed by atoms with E-state index >= 15 is 0 Å². The van der Waals surface area contributed by atoms with Gasteiger partial charge in [0.05, 0.1) is 19.9 Å². The number of methoxy groups -OCH3 is 2.